The molecule has 1 amide bonds. The third-order valence-corrected chi connectivity index (χ3v) is 5.10. The molecule has 3 aromatic rings. The van der Waals surface area contributed by atoms with Crippen LogP contribution in [0.3, 0.4) is 0 Å². The molecule has 0 bridgehead atoms. The molecule has 1 atom stereocenters. The van der Waals surface area contributed by atoms with Crippen LogP contribution in [0.25, 0.3) is 11.4 Å². The van der Waals surface area contributed by atoms with Crippen molar-refractivity contribution in [1.29, 1.82) is 0 Å². The summed E-state index contributed by atoms with van der Waals surface area (Å²) in [7, 11) is 0. The van der Waals surface area contributed by atoms with E-state index in [0.717, 1.165) is 16.9 Å². The van der Waals surface area contributed by atoms with Gasteiger partial charge in [-0.05, 0) is 25.5 Å². The minimum absolute atomic E-state index is 0.0468. The van der Waals surface area contributed by atoms with Gasteiger partial charge in [0, 0.05) is 6.54 Å². The van der Waals surface area contributed by atoms with Gasteiger partial charge in [0.25, 0.3) is 0 Å². The molecule has 0 saturated carbocycles. The largest absolute Gasteiger partial charge is 0.469 e. The summed E-state index contributed by atoms with van der Waals surface area (Å²) < 4.78 is 7.30. The molecule has 3 rings (SSSR count). The third-order valence-electron chi connectivity index (χ3n) is 4.14. The summed E-state index contributed by atoms with van der Waals surface area (Å²) in [6.07, 6.45) is 3.41. The average Bonchev–Trinajstić information content (AvgIpc) is 3.27. The summed E-state index contributed by atoms with van der Waals surface area (Å²) in [5, 5.41) is 12.2. The maximum atomic E-state index is 12.3. The van der Waals surface area contributed by atoms with E-state index in [9.17, 15) is 4.79 Å². The molecule has 2 heterocycles. The number of aryl methyl sites for hydroxylation is 1. The molecule has 6 nitrogen and oxygen atoms in total. The highest BCUT2D eigenvalue weighted by molar-refractivity contribution is 7.99. The van der Waals surface area contributed by atoms with E-state index in [1.165, 1.54) is 11.8 Å². The van der Waals surface area contributed by atoms with Crippen molar-refractivity contribution >= 4 is 17.7 Å². The van der Waals surface area contributed by atoms with E-state index in [1.54, 1.807) is 12.3 Å². The van der Waals surface area contributed by atoms with E-state index < -0.39 is 0 Å². The smallest absolute Gasteiger partial charge is 0.230 e. The van der Waals surface area contributed by atoms with Crippen molar-refractivity contribution in [2.45, 2.75) is 31.6 Å². The number of hydrogen-bond acceptors (Lipinski definition) is 5. The number of benzene rings is 1. The molecule has 7 heteroatoms. The normalized spacial score (nSPS) is 11.9. The maximum absolute atomic E-state index is 12.3. The van der Waals surface area contributed by atoms with Crippen molar-refractivity contribution in [2.24, 2.45) is 0 Å². The van der Waals surface area contributed by atoms with Crippen molar-refractivity contribution in [3.8, 4) is 11.4 Å². The van der Waals surface area contributed by atoms with Crippen LogP contribution >= 0.6 is 11.8 Å². The van der Waals surface area contributed by atoms with Gasteiger partial charge in [0.05, 0.1) is 23.6 Å². The van der Waals surface area contributed by atoms with Crippen molar-refractivity contribution in [1.82, 2.24) is 20.1 Å². The molecule has 2 aromatic heterocycles. The van der Waals surface area contributed by atoms with Gasteiger partial charge in [-0.15, -0.1) is 16.8 Å². The number of carbonyl (C=O) groups excluding carboxylic acids is 1. The maximum Gasteiger partial charge on any atom is 0.230 e. The first kappa shape index (κ1) is 19.0. The Bertz CT molecular complexity index is 917. The Balaban J connectivity index is 1.67. The minimum atomic E-state index is -0.0504. The number of carbonyl (C=O) groups is 1. The van der Waals surface area contributed by atoms with Crippen LogP contribution in [0.5, 0.6) is 0 Å². The summed E-state index contributed by atoms with van der Waals surface area (Å²) in [6, 6.07) is 11.7. The lowest BCUT2D eigenvalue weighted by atomic mass is 10.1. The topological polar surface area (TPSA) is 73.0 Å². The molecule has 27 heavy (non-hydrogen) atoms. The fourth-order valence-electron chi connectivity index (χ4n) is 2.74. The fraction of sp³-hybridized carbons (Fsp3) is 0.250. The summed E-state index contributed by atoms with van der Waals surface area (Å²) in [5.74, 6) is 1.70. The first-order chi connectivity index (χ1) is 13.1. The predicted molar refractivity (Wildman–Crippen MR) is 106 cm³/mol. The number of aromatic nitrogens is 3. The number of rotatable bonds is 8. The van der Waals surface area contributed by atoms with Gasteiger partial charge in [0.15, 0.2) is 11.0 Å². The molecule has 0 unspecified atom stereocenters. The molecule has 0 aliphatic rings. The number of nitrogens with zero attached hydrogens (tertiary/aromatic N) is 3. The molecular weight excluding hydrogens is 360 g/mol. The molecule has 0 radical (unpaired) electrons. The Morgan fingerprint density at radius 2 is 2.11 bits per heavy atom. The van der Waals surface area contributed by atoms with Crippen molar-refractivity contribution in [3.05, 3.63) is 66.6 Å². The van der Waals surface area contributed by atoms with Crippen LogP contribution < -0.4 is 5.32 Å². The number of thioether (sulfide) groups is 1. The summed E-state index contributed by atoms with van der Waals surface area (Å²) in [4.78, 5) is 12.3. The SMILES string of the molecule is C=CCn1c(SCC(=O)N[C@H](C)c2ccccc2)nnc1-c1ccoc1C. The summed E-state index contributed by atoms with van der Waals surface area (Å²) >= 11 is 1.36. The zero-order chi connectivity index (χ0) is 19.2. The fourth-order valence-corrected chi connectivity index (χ4v) is 3.50. The molecule has 1 aromatic carbocycles. The van der Waals surface area contributed by atoms with E-state index in [0.29, 0.717) is 17.5 Å². The molecular formula is C20H22N4O2S. The van der Waals surface area contributed by atoms with Crippen LogP contribution in [-0.4, -0.2) is 26.4 Å². The van der Waals surface area contributed by atoms with Gasteiger partial charge in [-0.25, -0.2) is 0 Å². The molecule has 1 N–H and O–H groups in total. The number of hydrogen-bond donors (Lipinski definition) is 1. The highest BCUT2D eigenvalue weighted by Crippen LogP contribution is 2.27. The van der Waals surface area contributed by atoms with Crippen molar-refractivity contribution in [2.75, 3.05) is 5.75 Å². The third kappa shape index (κ3) is 4.49. The van der Waals surface area contributed by atoms with Gasteiger partial charge in [0.1, 0.15) is 5.76 Å². The first-order valence-corrected chi connectivity index (χ1v) is 9.64. The standard InChI is InChI=1S/C20H22N4O2S/c1-4-11-24-19(17-10-12-26-15(17)3)22-23-20(24)27-13-18(25)21-14(2)16-8-6-5-7-9-16/h4-10,12,14H,1,11,13H2,2-3H3,(H,21,25)/t14-/m1/s1. The van der Waals surface area contributed by atoms with Crippen LogP contribution in [0.2, 0.25) is 0 Å². The number of allylic oxidation sites excluding steroid dienone is 1. The second kappa shape index (κ2) is 8.73. The number of furan rings is 1. The van der Waals surface area contributed by atoms with E-state index in [2.05, 4.69) is 22.1 Å². The van der Waals surface area contributed by atoms with E-state index in [-0.39, 0.29) is 17.7 Å². The highest BCUT2D eigenvalue weighted by atomic mass is 32.2. The quantitative estimate of drug-likeness (QED) is 0.471. The number of nitrogens with one attached hydrogen (secondary N) is 1. The summed E-state index contributed by atoms with van der Waals surface area (Å²) in [6.45, 7) is 8.21. The molecule has 140 valence electrons. The first-order valence-electron chi connectivity index (χ1n) is 8.65. The van der Waals surface area contributed by atoms with Gasteiger partial charge in [-0.3, -0.25) is 9.36 Å². The second-order valence-corrected chi connectivity index (χ2v) is 7.03. The van der Waals surface area contributed by atoms with Gasteiger partial charge < -0.3 is 9.73 Å². The molecule has 0 spiro atoms. The van der Waals surface area contributed by atoms with Gasteiger partial charge in [0.2, 0.25) is 5.91 Å². The lowest BCUT2D eigenvalue weighted by molar-refractivity contribution is -0.119. The Hall–Kier alpha value is -2.80. The van der Waals surface area contributed by atoms with Crippen LogP contribution in [-0.2, 0) is 11.3 Å². The van der Waals surface area contributed by atoms with Crippen LogP contribution in [0, 0.1) is 6.92 Å². The molecule has 0 aliphatic carbocycles. The molecule has 0 aliphatic heterocycles. The lowest BCUT2D eigenvalue weighted by Crippen LogP contribution is -2.28. The van der Waals surface area contributed by atoms with Crippen LogP contribution in [0.1, 0.15) is 24.3 Å². The average molecular weight is 382 g/mol. The monoisotopic (exact) mass is 382 g/mol. The van der Waals surface area contributed by atoms with Gasteiger partial charge >= 0.3 is 0 Å². The molecule has 0 saturated heterocycles. The van der Waals surface area contributed by atoms with Gasteiger partial charge in [-0.2, -0.15) is 0 Å². The van der Waals surface area contributed by atoms with Crippen LogP contribution in [0.4, 0.5) is 0 Å². The van der Waals surface area contributed by atoms with Crippen LogP contribution in [0.15, 0.2) is 64.9 Å². The molecule has 0 fully saturated rings. The zero-order valence-electron chi connectivity index (χ0n) is 15.4. The highest BCUT2D eigenvalue weighted by Gasteiger charge is 2.18. The minimum Gasteiger partial charge on any atom is -0.469 e. The van der Waals surface area contributed by atoms with E-state index >= 15 is 0 Å². The Morgan fingerprint density at radius 3 is 2.78 bits per heavy atom. The van der Waals surface area contributed by atoms with Crippen molar-refractivity contribution in [3.63, 3.8) is 0 Å². The van der Waals surface area contributed by atoms with Crippen molar-refractivity contribution < 1.29 is 9.21 Å². The lowest BCUT2D eigenvalue weighted by Gasteiger charge is -2.14. The van der Waals surface area contributed by atoms with E-state index in [1.807, 2.05) is 54.8 Å². The van der Waals surface area contributed by atoms with E-state index in [4.69, 9.17) is 4.42 Å². The second-order valence-electron chi connectivity index (χ2n) is 6.08. The summed E-state index contributed by atoms with van der Waals surface area (Å²) in [5.41, 5.74) is 1.96. The zero-order valence-corrected chi connectivity index (χ0v) is 16.2. The Labute approximate surface area is 162 Å². The Kier molecular flexibility index (Phi) is 6.13. The Morgan fingerprint density at radius 1 is 1.33 bits per heavy atom. The number of amides is 1. The predicted octanol–water partition coefficient (Wildman–Crippen LogP) is 4.00. The van der Waals surface area contributed by atoms with Gasteiger partial charge in [-0.1, -0.05) is 48.2 Å².